The van der Waals surface area contributed by atoms with Gasteiger partial charge in [0.25, 0.3) is 11.7 Å². The Morgan fingerprint density at radius 2 is 2.05 bits per heavy atom. The highest BCUT2D eigenvalue weighted by Crippen LogP contribution is 2.36. The van der Waals surface area contributed by atoms with Crippen molar-refractivity contribution in [2.45, 2.75) is 18.1 Å². The van der Waals surface area contributed by atoms with E-state index in [4.69, 9.17) is 11.6 Å². The van der Waals surface area contributed by atoms with Crippen molar-refractivity contribution in [1.29, 1.82) is 0 Å². The van der Waals surface area contributed by atoms with Gasteiger partial charge in [0.15, 0.2) is 5.75 Å². The lowest BCUT2D eigenvalue weighted by molar-refractivity contribution is -0.275. The zero-order chi connectivity index (χ0) is 14.8. The molecule has 0 spiro atoms. The summed E-state index contributed by atoms with van der Waals surface area (Å²) in [5, 5.41) is -1.69. The van der Waals surface area contributed by atoms with Crippen LogP contribution in [-0.4, -0.2) is 16.6 Å². The minimum Gasteiger partial charge on any atom is -0.404 e. The van der Waals surface area contributed by atoms with E-state index < -0.39 is 45.9 Å². The summed E-state index contributed by atoms with van der Waals surface area (Å²) in [7, 11) is 0. The number of rotatable bonds is 4. The van der Waals surface area contributed by atoms with Gasteiger partial charge in [-0.1, -0.05) is 15.9 Å². The molecule has 19 heavy (non-hydrogen) atoms. The average molecular weight is 368 g/mol. The Hall–Kier alpha value is -0.960. The van der Waals surface area contributed by atoms with Gasteiger partial charge in [0.2, 0.25) is 0 Å². The summed E-state index contributed by atoms with van der Waals surface area (Å²) >= 11 is 7.81. The number of hydrogen-bond acceptors (Lipinski definition) is 3. The first kappa shape index (κ1) is 16.1. The summed E-state index contributed by atoms with van der Waals surface area (Å²) in [5.41, 5.74) is -2.33. The predicted molar refractivity (Wildman–Crippen MR) is 58.7 cm³/mol. The summed E-state index contributed by atoms with van der Waals surface area (Å²) < 4.78 is 65.6. The number of pyridine rings is 1. The van der Waals surface area contributed by atoms with Gasteiger partial charge in [-0.05, 0) is 11.6 Å². The van der Waals surface area contributed by atoms with Crippen LogP contribution in [0.2, 0.25) is 0 Å². The molecule has 1 rings (SSSR count). The molecule has 0 atom stereocenters. The maximum Gasteiger partial charge on any atom is 0.573 e. The number of nitrogens with zero attached hydrogens (tertiary/aromatic N) is 1. The Bertz CT molecular complexity index is 494. The molecule has 0 aliphatic rings. The summed E-state index contributed by atoms with van der Waals surface area (Å²) in [5.74, 6) is -0.915. The summed E-state index contributed by atoms with van der Waals surface area (Å²) in [6, 6.07) is 0. The molecule has 1 heterocycles. The van der Waals surface area contributed by atoms with E-state index in [1.807, 2.05) is 0 Å². The maximum atomic E-state index is 12.8. The third kappa shape index (κ3) is 4.00. The van der Waals surface area contributed by atoms with E-state index in [1.54, 1.807) is 0 Å². The molecule has 0 aromatic carbocycles. The van der Waals surface area contributed by atoms with Gasteiger partial charge in [0.1, 0.15) is 5.69 Å². The minimum atomic E-state index is -5.06. The van der Waals surface area contributed by atoms with Crippen LogP contribution >= 0.6 is 27.5 Å². The molecule has 0 saturated carbocycles. The van der Waals surface area contributed by atoms with Crippen molar-refractivity contribution in [3.8, 4) is 5.75 Å². The van der Waals surface area contributed by atoms with Gasteiger partial charge in [-0.3, -0.25) is 4.79 Å². The van der Waals surface area contributed by atoms with Crippen LogP contribution in [0.15, 0.2) is 6.20 Å². The molecule has 106 valence electrons. The molecule has 10 heteroatoms. The van der Waals surface area contributed by atoms with Crippen LogP contribution in [0.1, 0.15) is 28.0 Å². The van der Waals surface area contributed by atoms with Crippen molar-refractivity contribution in [3.05, 3.63) is 23.0 Å². The number of halogens is 7. The molecule has 0 aliphatic heterocycles. The van der Waals surface area contributed by atoms with Gasteiger partial charge in [0, 0.05) is 10.9 Å². The molecule has 0 bridgehead atoms. The lowest BCUT2D eigenvalue weighted by atomic mass is 10.1. The fourth-order valence-corrected chi connectivity index (χ4v) is 2.02. The van der Waals surface area contributed by atoms with Crippen molar-refractivity contribution in [2.24, 2.45) is 0 Å². The topological polar surface area (TPSA) is 39.2 Å². The van der Waals surface area contributed by atoms with Crippen molar-refractivity contribution in [1.82, 2.24) is 4.98 Å². The molecule has 0 saturated heterocycles. The Labute approximate surface area is 116 Å². The third-order valence-electron chi connectivity index (χ3n) is 1.95. The van der Waals surface area contributed by atoms with Crippen LogP contribution in [0, 0.1) is 0 Å². The molecule has 0 fully saturated rings. The highest BCUT2D eigenvalue weighted by atomic mass is 79.9. The lowest BCUT2D eigenvalue weighted by Crippen LogP contribution is -2.19. The molecule has 0 radical (unpaired) electrons. The standard InChI is InChI=1S/C9H4BrClF5NO2/c10-1-3-4(19-9(14,15)16)2-17-6(7(11)18)5(3)8(12)13/h2,8H,1H2. The molecule has 0 N–H and O–H groups in total. The van der Waals surface area contributed by atoms with E-state index in [-0.39, 0.29) is 0 Å². The SMILES string of the molecule is O=C(Cl)c1ncc(OC(F)(F)F)c(CBr)c1C(F)F. The molecule has 0 unspecified atom stereocenters. The Morgan fingerprint density at radius 1 is 1.47 bits per heavy atom. The molecule has 3 nitrogen and oxygen atoms in total. The normalized spacial score (nSPS) is 11.8. The first-order valence-corrected chi connectivity index (χ1v) is 5.98. The second-order valence-electron chi connectivity index (χ2n) is 3.12. The van der Waals surface area contributed by atoms with Gasteiger partial charge >= 0.3 is 6.36 Å². The zero-order valence-corrected chi connectivity index (χ0v) is 11.1. The van der Waals surface area contributed by atoms with E-state index in [1.165, 1.54) is 0 Å². The molecular formula is C9H4BrClF5NO2. The number of ether oxygens (including phenoxy) is 1. The maximum absolute atomic E-state index is 12.8. The predicted octanol–water partition coefficient (Wildman–Crippen LogP) is 4.19. The van der Waals surface area contributed by atoms with Gasteiger partial charge in [-0.25, -0.2) is 13.8 Å². The number of hydrogen-bond donors (Lipinski definition) is 0. The number of carbonyl (C=O) groups excluding carboxylic acids is 1. The van der Waals surface area contributed by atoms with Gasteiger partial charge in [0.05, 0.1) is 11.8 Å². The second-order valence-corrected chi connectivity index (χ2v) is 4.02. The molecular weight excluding hydrogens is 364 g/mol. The van der Waals surface area contributed by atoms with Crippen LogP contribution in [0.3, 0.4) is 0 Å². The summed E-state index contributed by atoms with van der Waals surface area (Å²) in [4.78, 5) is 14.1. The first-order valence-electron chi connectivity index (χ1n) is 4.48. The van der Waals surface area contributed by atoms with Gasteiger partial charge in [-0.15, -0.1) is 13.2 Å². The largest absolute Gasteiger partial charge is 0.573 e. The van der Waals surface area contributed by atoms with E-state index in [2.05, 4.69) is 25.7 Å². The Balaban J connectivity index is 3.45. The zero-order valence-electron chi connectivity index (χ0n) is 8.77. The van der Waals surface area contributed by atoms with E-state index >= 15 is 0 Å². The number of carbonyl (C=O) groups is 1. The van der Waals surface area contributed by atoms with Crippen molar-refractivity contribution >= 4 is 32.8 Å². The third-order valence-corrected chi connectivity index (χ3v) is 2.69. The molecule has 1 aromatic rings. The summed E-state index contributed by atoms with van der Waals surface area (Å²) in [6.45, 7) is 0. The Morgan fingerprint density at radius 3 is 2.42 bits per heavy atom. The fourth-order valence-electron chi connectivity index (χ4n) is 1.29. The van der Waals surface area contributed by atoms with Crippen molar-refractivity contribution in [3.63, 3.8) is 0 Å². The van der Waals surface area contributed by atoms with Crippen LogP contribution in [0.4, 0.5) is 22.0 Å². The molecule has 0 amide bonds. The van der Waals surface area contributed by atoms with Crippen LogP contribution < -0.4 is 4.74 Å². The van der Waals surface area contributed by atoms with Crippen molar-refractivity contribution in [2.75, 3.05) is 0 Å². The highest BCUT2D eigenvalue weighted by Gasteiger charge is 2.34. The molecule has 1 aromatic heterocycles. The van der Waals surface area contributed by atoms with Gasteiger partial charge < -0.3 is 4.74 Å². The fraction of sp³-hybridized carbons (Fsp3) is 0.333. The number of alkyl halides is 6. The monoisotopic (exact) mass is 367 g/mol. The lowest BCUT2D eigenvalue weighted by Gasteiger charge is -2.16. The second kappa shape index (κ2) is 6.00. The Kier molecular flexibility index (Phi) is 5.08. The van der Waals surface area contributed by atoms with E-state index in [0.29, 0.717) is 6.20 Å². The highest BCUT2D eigenvalue weighted by molar-refractivity contribution is 9.08. The van der Waals surface area contributed by atoms with Crippen LogP contribution in [0.5, 0.6) is 5.75 Å². The minimum absolute atomic E-state index is 0.391. The van der Waals surface area contributed by atoms with Crippen LogP contribution in [0.25, 0.3) is 0 Å². The number of aromatic nitrogens is 1. The smallest absolute Gasteiger partial charge is 0.404 e. The molecule has 0 aliphatic carbocycles. The first-order chi connectivity index (χ1) is 8.67. The van der Waals surface area contributed by atoms with Crippen LogP contribution in [-0.2, 0) is 5.33 Å². The van der Waals surface area contributed by atoms with E-state index in [0.717, 1.165) is 0 Å². The van der Waals surface area contributed by atoms with Gasteiger partial charge in [-0.2, -0.15) is 0 Å². The van der Waals surface area contributed by atoms with E-state index in [9.17, 15) is 26.7 Å². The quantitative estimate of drug-likeness (QED) is 0.454. The average Bonchev–Trinajstić information content (AvgIpc) is 2.25. The summed E-state index contributed by atoms with van der Waals surface area (Å²) in [6.07, 6.45) is -7.77. The van der Waals surface area contributed by atoms with Crippen molar-refractivity contribution < 1.29 is 31.5 Å².